The van der Waals surface area contributed by atoms with Crippen LogP contribution in [0.2, 0.25) is 0 Å². The highest BCUT2D eigenvalue weighted by Crippen LogP contribution is 2.57. The quantitative estimate of drug-likeness (QED) is 0.801. The van der Waals surface area contributed by atoms with Gasteiger partial charge in [-0.15, -0.1) is 0 Å². The van der Waals surface area contributed by atoms with Crippen LogP contribution in [-0.4, -0.2) is 16.2 Å². The van der Waals surface area contributed by atoms with E-state index >= 15 is 0 Å². The van der Waals surface area contributed by atoms with E-state index in [4.69, 9.17) is 9.47 Å². The smallest absolute Gasteiger partial charge is 0.340 e. The summed E-state index contributed by atoms with van der Waals surface area (Å²) in [4.78, 5) is 12.6. The van der Waals surface area contributed by atoms with Crippen LogP contribution >= 0.6 is 0 Å². The Balaban J connectivity index is 2.13. The molecule has 2 N–H and O–H groups in total. The zero-order valence-electron chi connectivity index (χ0n) is 14.0. The van der Waals surface area contributed by atoms with E-state index in [1.165, 1.54) is 30.3 Å². The molecule has 5 nitrogen and oxygen atoms in total. The number of benzene rings is 2. The molecular formula is C21H16O5. The first-order valence-electron chi connectivity index (χ1n) is 8.09. The molecule has 2 aliphatic heterocycles. The van der Waals surface area contributed by atoms with Crippen LogP contribution < -0.4 is 4.74 Å². The van der Waals surface area contributed by atoms with Crippen LogP contribution in [0.1, 0.15) is 18.1 Å². The molecule has 0 saturated carbocycles. The normalized spacial score (nSPS) is 17.0. The van der Waals surface area contributed by atoms with Gasteiger partial charge < -0.3 is 19.7 Å². The van der Waals surface area contributed by atoms with Gasteiger partial charge >= 0.3 is 5.97 Å². The van der Waals surface area contributed by atoms with E-state index in [-0.39, 0.29) is 11.5 Å². The highest BCUT2D eigenvalue weighted by Gasteiger charge is 2.53. The molecule has 130 valence electrons. The Kier molecular flexibility index (Phi) is 3.40. The van der Waals surface area contributed by atoms with Crippen LogP contribution in [0.15, 0.2) is 72.4 Å². The van der Waals surface area contributed by atoms with Gasteiger partial charge in [-0.3, -0.25) is 0 Å². The third-order valence-corrected chi connectivity index (χ3v) is 4.58. The first-order valence-corrected chi connectivity index (χ1v) is 8.09. The van der Waals surface area contributed by atoms with Crippen molar-refractivity contribution >= 4 is 5.97 Å². The molecule has 0 radical (unpaired) electrons. The maximum atomic E-state index is 12.6. The molecule has 4 rings (SSSR count). The zero-order valence-corrected chi connectivity index (χ0v) is 14.0. The molecule has 0 aliphatic carbocycles. The molecule has 2 aromatic carbocycles. The van der Waals surface area contributed by atoms with Crippen molar-refractivity contribution in [3.63, 3.8) is 0 Å². The third kappa shape index (κ3) is 2.00. The van der Waals surface area contributed by atoms with E-state index < -0.39 is 11.6 Å². The van der Waals surface area contributed by atoms with Crippen molar-refractivity contribution in [2.45, 2.75) is 12.5 Å². The molecular weight excluding hydrogens is 332 g/mol. The fourth-order valence-electron chi connectivity index (χ4n) is 3.55. The fraction of sp³-hybridized carbons (Fsp3) is 0.0952. The summed E-state index contributed by atoms with van der Waals surface area (Å²) in [6, 6.07) is 9.28. The molecule has 2 aliphatic rings. The standard InChI is InChI=1S/C21H16O5/c1-3-5-15-14(4-2)20(24)26-21(15)16-8-6-12(22)10-18(16)25-19-11-13(23)7-9-17(19)21/h3-11,22-23H,2H2,1H3/b5-3-. The number of hydrogen-bond donors (Lipinski definition) is 2. The van der Waals surface area contributed by atoms with Crippen LogP contribution in [0.3, 0.4) is 0 Å². The summed E-state index contributed by atoms with van der Waals surface area (Å²) in [6.45, 7) is 5.59. The second-order valence-electron chi connectivity index (χ2n) is 6.07. The van der Waals surface area contributed by atoms with Crippen molar-refractivity contribution in [2.24, 2.45) is 0 Å². The Bertz CT molecular complexity index is 962. The maximum Gasteiger partial charge on any atom is 0.340 e. The van der Waals surface area contributed by atoms with E-state index in [0.717, 1.165) is 0 Å². The predicted octanol–water partition coefficient (Wildman–Crippen LogP) is 4.06. The second-order valence-corrected chi connectivity index (χ2v) is 6.07. The molecule has 5 heteroatoms. The minimum absolute atomic E-state index is 0.0207. The lowest BCUT2D eigenvalue weighted by molar-refractivity contribution is -0.144. The molecule has 0 fully saturated rings. The number of carbonyl (C=O) groups is 1. The zero-order chi connectivity index (χ0) is 18.5. The first-order chi connectivity index (χ1) is 12.5. The maximum absolute atomic E-state index is 12.6. The Morgan fingerprint density at radius 3 is 2.12 bits per heavy atom. The lowest BCUT2D eigenvalue weighted by Gasteiger charge is -2.37. The SMILES string of the molecule is C=CC1=C(/C=C\C)C2(OC1=O)c1ccc(O)cc1Oc1cc(O)ccc12. The van der Waals surface area contributed by atoms with Crippen molar-refractivity contribution in [1.29, 1.82) is 0 Å². The first kappa shape index (κ1) is 16.0. The van der Waals surface area contributed by atoms with E-state index in [9.17, 15) is 15.0 Å². The highest BCUT2D eigenvalue weighted by molar-refractivity contribution is 5.98. The number of phenolic OH excluding ortho intramolecular Hbond substituents is 2. The summed E-state index contributed by atoms with van der Waals surface area (Å²) in [5.74, 6) is 0.249. The number of fused-ring (bicyclic) bond motifs is 4. The van der Waals surface area contributed by atoms with Gasteiger partial charge in [-0.2, -0.15) is 0 Å². The minimum atomic E-state index is -1.24. The lowest BCUT2D eigenvalue weighted by Crippen LogP contribution is -2.33. The molecule has 2 aromatic rings. The molecule has 0 aromatic heterocycles. The molecule has 0 atom stereocenters. The molecule has 2 heterocycles. The summed E-state index contributed by atoms with van der Waals surface area (Å²) in [6.07, 6.45) is 5.10. The Morgan fingerprint density at radius 2 is 1.62 bits per heavy atom. The van der Waals surface area contributed by atoms with Crippen molar-refractivity contribution < 1.29 is 24.5 Å². The van der Waals surface area contributed by atoms with Gasteiger partial charge in [-0.1, -0.05) is 24.8 Å². The van der Waals surface area contributed by atoms with Crippen LogP contribution in [0.4, 0.5) is 0 Å². The number of allylic oxidation sites excluding steroid dienone is 1. The number of phenols is 2. The van der Waals surface area contributed by atoms with Crippen LogP contribution in [0.25, 0.3) is 0 Å². The van der Waals surface area contributed by atoms with E-state index in [1.54, 1.807) is 18.2 Å². The molecule has 0 saturated heterocycles. The number of aromatic hydroxyl groups is 2. The topological polar surface area (TPSA) is 76.0 Å². The fourth-order valence-corrected chi connectivity index (χ4v) is 3.55. The molecule has 1 spiro atoms. The predicted molar refractivity (Wildman–Crippen MR) is 95.2 cm³/mol. The van der Waals surface area contributed by atoms with Gasteiger partial charge in [-0.05, 0) is 31.2 Å². The summed E-state index contributed by atoms with van der Waals surface area (Å²) >= 11 is 0. The number of rotatable bonds is 2. The van der Waals surface area contributed by atoms with Gasteiger partial charge in [0.2, 0.25) is 0 Å². The number of carbonyl (C=O) groups excluding carboxylic acids is 1. The number of ether oxygens (including phenoxy) is 2. The van der Waals surface area contributed by atoms with Crippen LogP contribution in [-0.2, 0) is 15.1 Å². The van der Waals surface area contributed by atoms with Crippen molar-refractivity contribution in [1.82, 2.24) is 0 Å². The number of hydrogen-bond acceptors (Lipinski definition) is 5. The van der Waals surface area contributed by atoms with Crippen molar-refractivity contribution in [3.05, 3.63) is 83.5 Å². The van der Waals surface area contributed by atoms with E-state index in [1.807, 2.05) is 13.0 Å². The highest BCUT2D eigenvalue weighted by atomic mass is 16.6. The molecule has 0 amide bonds. The van der Waals surface area contributed by atoms with Crippen molar-refractivity contribution in [2.75, 3.05) is 0 Å². The minimum Gasteiger partial charge on any atom is -0.508 e. The summed E-state index contributed by atoms with van der Waals surface area (Å²) in [5.41, 5.74) is 0.932. The molecule has 0 bridgehead atoms. The van der Waals surface area contributed by atoms with Gasteiger partial charge in [0.05, 0.1) is 5.57 Å². The Morgan fingerprint density at radius 1 is 1.04 bits per heavy atom. The monoisotopic (exact) mass is 348 g/mol. The Hall–Kier alpha value is -3.47. The van der Waals surface area contributed by atoms with Gasteiger partial charge in [0.1, 0.15) is 23.0 Å². The lowest BCUT2D eigenvalue weighted by atomic mass is 9.77. The average Bonchev–Trinajstić information content (AvgIpc) is 2.87. The Labute approximate surface area is 150 Å². The van der Waals surface area contributed by atoms with E-state index in [0.29, 0.717) is 33.8 Å². The van der Waals surface area contributed by atoms with Gasteiger partial charge in [0, 0.05) is 28.8 Å². The summed E-state index contributed by atoms with van der Waals surface area (Å²) in [5, 5.41) is 19.7. The van der Waals surface area contributed by atoms with E-state index in [2.05, 4.69) is 6.58 Å². The summed E-state index contributed by atoms with van der Waals surface area (Å²) in [7, 11) is 0. The largest absolute Gasteiger partial charge is 0.508 e. The second kappa shape index (κ2) is 5.52. The van der Waals surface area contributed by atoms with Gasteiger partial charge in [0.15, 0.2) is 5.60 Å². The average molecular weight is 348 g/mol. The van der Waals surface area contributed by atoms with Crippen LogP contribution in [0, 0.1) is 0 Å². The van der Waals surface area contributed by atoms with Gasteiger partial charge in [0.25, 0.3) is 0 Å². The molecule has 0 unspecified atom stereocenters. The van der Waals surface area contributed by atoms with Gasteiger partial charge in [-0.25, -0.2) is 4.79 Å². The van der Waals surface area contributed by atoms with Crippen LogP contribution in [0.5, 0.6) is 23.0 Å². The summed E-state index contributed by atoms with van der Waals surface area (Å²) < 4.78 is 11.8. The third-order valence-electron chi connectivity index (χ3n) is 4.58. The molecule has 26 heavy (non-hydrogen) atoms. The van der Waals surface area contributed by atoms with Crippen molar-refractivity contribution in [3.8, 4) is 23.0 Å². The number of esters is 1.